The van der Waals surface area contributed by atoms with Crippen LogP contribution in [0.1, 0.15) is 27.2 Å². The van der Waals surface area contributed by atoms with Crippen molar-refractivity contribution in [2.45, 2.75) is 20.1 Å². The molecular weight excluding hydrogens is 376 g/mol. The summed E-state index contributed by atoms with van der Waals surface area (Å²) in [6.45, 7) is 2.70. The maximum absolute atomic E-state index is 12.5. The van der Waals surface area contributed by atoms with E-state index in [4.69, 9.17) is 21.1 Å². The van der Waals surface area contributed by atoms with E-state index in [9.17, 15) is 4.79 Å². The van der Waals surface area contributed by atoms with Gasteiger partial charge in [-0.05, 0) is 54.4 Å². The first-order valence-corrected chi connectivity index (χ1v) is 9.18. The molecule has 0 aliphatic rings. The average Bonchev–Trinajstić information content (AvgIpc) is 2.72. The molecule has 1 heterocycles. The molecule has 0 aliphatic carbocycles. The van der Waals surface area contributed by atoms with Crippen LogP contribution in [0.5, 0.6) is 11.5 Å². The maximum atomic E-state index is 12.5. The summed E-state index contributed by atoms with van der Waals surface area (Å²) in [5.74, 6) is 0.859. The number of hydrogen-bond acceptors (Lipinski definition) is 4. The Morgan fingerprint density at radius 3 is 2.61 bits per heavy atom. The fraction of sp³-hybridized carbons (Fsp3) is 0.182. The third-order valence-electron chi connectivity index (χ3n) is 4.27. The summed E-state index contributed by atoms with van der Waals surface area (Å²) < 4.78 is 11.2. The Morgan fingerprint density at radius 2 is 1.89 bits per heavy atom. The molecule has 0 aliphatic heterocycles. The molecule has 28 heavy (non-hydrogen) atoms. The highest BCUT2D eigenvalue weighted by Gasteiger charge is 2.12. The zero-order chi connectivity index (χ0) is 19.9. The van der Waals surface area contributed by atoms with Crippen molar-refractivity contribution < 1.29 is 14.3 Å². The fourth-order valence-corrected chi connectivity index (χ4v) is 2.77. The van der Waals surface area contributed by atoms with E-state index < -0.39 is 0 Å². The van der Waals surface area contributed by atoms with Gasteiger partial charge in [0.05, 0.1) is 19.3 Å². The van der Waals surface area contributed by atoms with Crippen LogP contribution in [0, 0.1) is 6.92 Å². The van der Waals surface area contributed by atoms with E-state index in [1.54, 1.807) is 31.5 Å². The van der Waals surface area contributed by atoms with Crippen molar-refractivity contribution in [3.8, 4) is 11.5 Å². The van der Waals surface area contributed by atoms with E-state index in [0.717, 1.165) is 16.8 Å². The van der Waals surface area contributed by atoms with Crippen molar-refractivity contribution in [1.29, 1.82) is 0 Å². The number of ether oxygens (including phenoxy) is 2. The Balaban J connectivity index is 1.65. The molecule has 0 fully saturated rings. The molecule has 2 aromatic carbocycles. The van der Waals surface area contributed by atoms with Crippen LogP contribution in [0.2, 0.25) is 5.02 Å². The number of halogens is 1. The summed E-state index contributed by atoms with van der Waals surface area (Å²) in [5, 5.41) is 3.56. The number of hydrogen-bond donors (Lipinski definition) is 1. The molecule has 3 aromatic rings. The van der Waals surface area contributed by atoms with Crippen LogP contribution >= 0.6 is 11.6 Å². The van der Waals surface area contributed by atoms with Crippen LogP contribution < -0.4 is 14.8 Å². The van der Waals surface area contributed by atoms with Gasteiger partial charge in [-0.3, -0.25) is 9.78 Å². The molecule has 5 nitrogen and oxygen atoms in total. The molecule has 6 heteroatoms. The van der Waals surface area contributed by atoms with E-state index in [-0.39, 0.29) is 5.91 Å². The molecule has 0 spiro atoms. The van der Waals surface area contributed by atoms with Crippen molar-refractivity contribution in [2.24, 2.45) is 0 Å². The molecule has 0 unspecified atom stereocenters. The lowest BCUT2D eigenvalue weighted by molar-refractivity contribution is 0.0950. The van der Waals surface area contributed by atoms with Crippen molar-refractivity contribution in [1.82, 2.24) is 10.3 Å². The summed E-state index contributed by atoms with van der Waals surface area (Å²) in [6.07, 6.45) is 1.71. The highest BCUT2D eigenvalue weighted by atomic mass is 35.5. The molecule has 3 rings (SSSR count). The number of nitrogens with one attached hydrogen (secondary N) is 1. The minimum atomic E-state index is -0.201. The van der Waals surface area contributed by atoms with Gasteiger partial charge >= 0.3 is 0 Å². The Kier molecular flexibility index (Phi) is 6.50. The van der Waals surface area contributed by atoms with Gasteiger partial charge in [-0.15, -0.1) is 0 Å². The number of nitrogens with zero attached hydrogens (tertiary/aromatic N) is 1. The zero-order valence-corrected chi connectivity index (χ0v) is 16.5. The first-order valence-electron chi connectivity index (χ1n) is 8.81. The number of benzene rings is 2. The topological polar surface area (TPSA) is 60.5 Å². The van der Waals surface area contributed by atoms with Crippen molar-refractivity contribution >= 4 is 17.5 Å². The molecule has 1 amide bonds. The van der Waals surface area contributed by atoms with Crippen molar-refractivity contribution in [3.05, 3.63) is 88.2 Å². The van der Waals surface area contributed by atoms with Crippen LogP contribution in [0.3, 0.4) is 0 Å². The lowest BCUT2D eigenvalue weighted by atomic mass is 10.1. The Bertz CT molecular complexity index is 958. The number of rotatable bonds is 7. The highest BCUT2D eigenvalue weighted by Crippen LogP contribution is 2.29. The molecule has 0 saturated heterocycles. The number of pyridine rings is 1. The van der Waals surface area contributed by atoms with Gasteiger partial charge in [-0.25, -0.2) is 0 Å². The van der Waals surface area contributed by atoms with Crippen molar-refractivity contribution in [3.63, 3.8) is 0 Å². The second kappa shape index (κ2) is 9.24. The minimum absolute atomic E-state index is 0.201. The van der Waals surface area contributed by atoms with E-state index in [0.29, 0.717) is 35.2 Å². The third-order valence-corrected chi connectivity index (χ3v) is 4.52. The number of methoxy groups -OCH3 is 1. The summed E-state index contributed by atoms with van der Waals surface area (Å²) in [4.78, 5) is 16.8. The van der Waals surface area contributed by atoms with Gasteiger partial charge in [0, 0.05) is 16.8 Å². The van der Waals surface area contributed by atoms with Crippen LogP contribution in [0.15, 0.2) is 60.8 Å². The molecule has 1 aromatic heterocycles. The van der Waals surface area contributed by atoms with Crippen LogP contribution in [0.25, 0.3) is 0 Å². The summed E-state index contributed by atoms with van der Waals surface area (Å²) in [5.41, 5.74) is 3.35. The van der Waals surface area contributed by atoms with Gasteiger partial charge in [0.1, 0.15) is 6.61 Å². The summed E-state index contributed by atoms with van der Waals surface area (Å²) >= 11 is 5.89. The van der Waals surface area contributed by atoms with Crippen LogP contribution in [-0.4, -0.2) is 18.0 Å². The number of carbonyl (C=O) groups excluding carboxylic acids is 1. The predicted molar refractivity (Wildman–Crippen MR) is 109 cm³/mol. The van der Waals surface area contributed by atoms with Gasteiger partial charge in [0.2, 0.25) is 0 Å². The highest BCUT2D eigenvalue weighted by molar-refractivity contribution is 6.30. The Morgan fingerprint density at radius 1 is 1.11 bits per heavy atom. The fourth-order valence-electron chi connectivity index (χ4n) is 2.64. The van der Waals surface area contributed by atoms with Gasteiger partial charge < -0.3 is 14.8 Å². The number of amides is 1. The van der Waals surface area contributed by atoms with E-state index >= 15 is 0 Å². The van der Waals surface area contributed by atoms with Gasteiger partial charge in [-0.1, -0.05) is 29.8 Å². The lowest BCUT2D eigenvalue weighted by Crippen LogP contribution is -2.23. The first kappa shape index (κ1) is 19.7. The van der Waals surface area contributed by atoms with Crippen LogP contribution in [-0.2, 0) is 13.2 Å². The molecule has 0 atom stereocenters. The van der Waals surface area contributed by atoms with Gasteiger partial charge in [0.15, 0.2) is 11.5 Å². The molecule has 1 N–H and O–H groups in total. The van der Waals surface area contributed by atoms with Crippen molar-refractivity contribution in [2.75, 3.05) is 7.11 Å². The Labute approximate surface area is 169 Å². The summed E-state index contributed by atoms with van der Waals surface area (Å²) in [7, 11) is 1.55. The monoisotopic (exact) mass is 396 g/mol. The van der Waals surface area contributed by atoms with E-state index in [2.05, 4.69) is 10.3 Å². The second-order valence-electron chi connectivity index (χ2n) is 6.23. The van der Waals surface area contributed by atoms with E-state index in [1.165, 1.54) is 0 Å². The van der Waals surface area contributed by atoms with Crippen LogP contribution in [0.4, 0.5) is 0 Å². The number of carbonyl (C=O) groups is 1. The normalized spacial score (nSPS) is 10.4. The lowest BCUT2D eigenvalue weighted by Gasteiger charge is -2.13. The third kappa shape index (κ3) is 5.02. The molecule has 144 valence electrons. The van der Waals surface area contributed by atoms with Gasteiger partial charge in [0.25, 0.3) is 5.91 Å². The molecule has 0 radical (unpaired) electrons. The smallest absolute Gasteiger partial charge is 0.251 e. The zero-order valence-electron chi connectivity index (χ0n) is 15.7. The molecule has 0 saturated carbocycles. The van der Waals surface area contributed by atoms with Gasteiger partial charge in [-0.2, -0.15) is 0 Å². The number of aromatic nitrogens is 1. The standard InChI is InChI=1S/C22H21ClN2O3/c1-15-4-3-11-24-19(15)13-25-22(26)17-7-10-20(21(12-17)27-2)28-14-16-5-8-18(23)9-6-16/h3-12H,13-14H2,1-2H3,(H,25,26). The molecular formula is C22H21ClN2O3. The first-order chi connectivity index (χ1) is 13.6. The summed E-state index contributed by atoms with van der Waals surface area (Å²) in [6, 6.07) is 16.4. The average molecular weight is 397 g/mol. The predicted octanol–water partition coefficient (Wildman–Crippen LogP) is 4.56. The minimum Gasteiger partial charge on any atom is -0.493 e. The maximum Gasteiger partial charge on any atom is 0.251 e. The molecule has 0 bridgehead atoms. The SMILES string of the molecule is COc1cc(C(=O)NCc2ncccc2C)ccc1OCc1ccc(Cl)cc1. The number of aryl methyl sites for hydroxylation is 1. The largest absolute Gasteiger partial charge is 0.493 e. The van der Waals surface area contributed by atoms with E-state index in [1.807, 2.05) is 43.3 Å². The second-order valence-corrected chi connectivity index (χ2v) is 6.67. The Hall–Kier alpha value is -3.05. The quantitative estimate of drug-likeness (QED) is 0.636.